The largest absolute Gasteiger partial charge is 0.493 e. The molecule has 2 aliphatic carbocycles. The van der Waals surface area contributed by atoms with Crippen molar-refractivity contribution in [1.82, 2.24) is 0 Å². The lowest BCUT2D eigenvalue weighted by atomic mass is 9.68. The Morgan fingerprint density at radius 1 is 0.964 bits per heavy atom. The van der Waals surface area contributed by atoms with Crippen LogP contribution >= 0.6 is 11.8 Å². The molecule has 6 rings (SSSR count). The van der Waals surface area contributed by atoms with Gasteiger partial charge in [0.05, 0.1) is 6.61 Å². The second kappa shape index (κ2) is 5.69. The van der Waals surface area contributed by atoms with Gasteiger partial charge in [-0.25, -0.2) is 0 Å². The van der Waals surface area contributed by atoms with Gasteiger partial charge in [0.15, 0.2) is 0 Å². The quantitative estimate of drug-likeness (QED) is 0.521. The van der Waals surface area contributed by atoms with Crippen molar-refractivity contribution in [3.63, 3.8) is 0 Å². The first kappa shape index (κ1) is 17.2. The molecule has 0 saturated heterocycles. The third-order valence-corrected chi connectivity index (χ3v) is 10.4. The summed E-state index contributed by atoms with van der Waals surface area (Å²) in [4.78, 5) is 1.72. The van der Waals surface area contributed by atoms with Crippen molar-refractivity contribution in [1.29, 1.82) is 0 Å². The van der Waals surface area contributed by atoms with Crippen LogP contribution in [0.15, 0.2) is 65.1 Å². The molecule has 0 spiro atoms. The highest BCUT2D eigenvalue weighted by Crippen LogP contribution is 2.76. The van der Waals surface area contributed by atoms with Gasteiger partial charge in [-0.15, -0.1) is 11.8 Å². The minimum atomic E-state index is 0.322. The molecule has 2 bridgehead atoms. The van der Waals surface area contributed by atoms with E-state index in [0.29, 0.717) is 27.9 Å². The molecule has 1 nitrogen and oxygen atoms in total. The summed E-state index contributed by atoms with van der Waals surface area (Å²) in [6.07, 6.45) is 2.69. The van der Waals surface area contributed by atoms with Crippen molar-refractivity contribution >= 4 is 11.8 Å². The zero-order valence-corrected chi connectivity index (χ0v) is 17.8. The van der Waals surface area contributed by atoms with Crippen LogP contribution in [0.2, 0.25) is 0 Å². The van der Waals surface area contributed by atoms with Crippen LogP contribution in [-0.4, -0.2) is 6.61 Å². The van der Waals surface area contributed by atoms with Crippen LogP contribution in [0.25, 0.3) is 0 Å². The van der Waals surface area contributed by atoms with Crippen LogP contribution in [0.3, 0.4) is 0 Å². The van der Waals surface area contributed by atoms with E-state index in [2.05, 4.69) is 87.1 Å². The second-order valence-electron chi connectivity index (χ2n) is 9.87. The minimum Gasteiger partial charge on any atom is -0.493 e. The first-order valence-electron chi connectivity index (χ1n) is 10.7. The van der Waals surface area contributed by atoms with Gasteiger partial charge in [0.2, 0.25) is 0 Å². The Kier molecular flexibility index (Phi) is 3.50. The monoisotopic (exact) mass is 388 g/mol. The molecular formula is C26H28OS. The summed E-state index contributed by atoms with van der Waals surface area (Å²) in [7, 11) is 0. The summed E-state index contributed by atoms with van der Waals surface area (Å²) >= 11 is 2.18. The summed E-state index contributed by atoms with van der Waals surface area (Å²) in [5, 5.41) is 0.477. The molecule has 0 unspecified atom stereocenters. The highest BCUT2D eigenvalue weighted by Gasteiger charge is 2.64. The first-order chi connectivity index (χ1) is 13.5. The van der Waals surface area contributed by atoms with E-state index in [1.165, 1.54) is 24.0 Å². The SMILES string of the molecule is CC1(C)[C@@H]2CC[C@@]1(C)C1=C2[C@@H]2c3ccccc3OC[C@@H]2[C@H](c2ccccc2)S1. The van der Waals surface area contributed by atoms with Crippen molar-refractivity contribution in [3.05, 3.63) is 76.2 Å². The van der Waals surface area contributed by atoms with E-state index in [4.69, 9.17) is 4.74 Å². The van der Waals surface area contributed by atoms with Crippen molar-refractivity contribution in [2.75, 3.05) is 6.61 Å². The van der Waals surface area contributed by atoms with Crippen LogP contribution in [0, 0.1) is 22.7 Å². The summed E-state index contributed by atoms with van der Waals surface area (Å²) in [5.74, 6) is 2.85. The number of benzene rings is 2. The lowest BCUT2D eigenvalue weighted by molar-refractivity contribution is 0.169. The predicted octanol–water partition coefficient (Wildman–Crippen LogP) is 6.98. The zero-order valence-electron chi connectivity index (χ0n) is 16.9. The van der Waals surface area contributed by atoms with Gasteiger partial charge in [0.25, 0.3) is 0 Å². The van der Waals surface area contributed by atoms with Gasteiger partial charge >= 0.3 is 0 Å². The Morgan fingerprint density at radius 3 is 2.54 bits per heavy atom. The highest BCUT2D eigenvalue weighted by molar-refractivity contribution is 8.03. The van der Waals surface area contributed by atoms with Crippen molar-refractivity contribution in [2.24, 2.45) is 22.7 Å². The molecule has 2 aromatic carbocycles. The number of hydrogen-bond donors (Lipinski definition) is 0. The van der Waals surface area contributed by atoms with E-state index in [1.807, 2.05) is 0 Å². The standard InChI is InChI=1S/C26H28OS/c1-25(2)19-13-14-26(25,3)24-22(19)21-17-11-7-8-12-20(17)27-15-18(21)23(28-24)16-9-5-4-6-10-16/h4-12,18-19,21,23H,13-15H2,1-3H3/t18-,19+,21+,23-,26-/m0/s1. The molecule has 144 valence electrons. The minimum absolute atomic E-state index is 0.322. The van der Waals surface area contributed by atoms with E-state index in [9.17, 15) is 0 Å². The maximum Gasteiger partial charge on any atom is 0.123 e. The van der Waals surface area contributed by atoms with Gasteiger partial charge in [-0.2, -0.15) is 0 Å². The van der Waals surface area contributed by atoms with Crippen LogP contribution < -0.4 is 4.74 Å². The third-order valence-electron chi connectivity index (χ3n) is 8.58. The molecule has 0 N–H and O–H groups in total. The Labute approximate surface area is 172 Å². The van der Waals surface area contributed by atoms with Gasteiger partial charge in [-0.1, -0.05) is 69.3 Å². The molecule has 2 aromatic rings. The number of ether oxygens (including phenoxy) is 1. The van der Waals surface area contributed by atoms with E-state index >= 15 is 0 Å². The fraction of sp³-hybridized carbons (Fsp3) is 0.462. The lowest BCUT2D eigenvalue weighted by Crippen LogP contribution is -2.35. The van der Waals surface area contributed by atoms with Crippen molar-refractivity contribution in [3.8, 4) is 5.75 Å². The van der Waals surface area contributed by atoms with Crippen LogP contribution in [0.4, 0.5) is 0 Å². The second-order valence-corrected chi connectivity index (χ2v) is 11.0. The van der Waals surface area contributed by atoms with Gasteiger partial charge in [0, 0.05) is 28.1 Å². The lowest BCUT2D eigenvalue weighted by Gasteiger charge is -2.46. The Balaban J connectivity index is 1.58. The summed E-state index contributed by atoms with van der Waals surface area (Å²) in [6.45, 7) is 8.44. The predicted molar refractivity (Wildman–Crippen MR) is 117 cm³/mol. The smallest absolute Gasteiger partial charge is 0.123 e. The molecule has 2 heterocycles. The third kappa shape index (κ3) is 2.00. The van der Waals surface area contributed by atoms with Crippen LogP contribution in [0.5, 0.6) is 5.75 Å². The molecule has 1 fully saturated rings. The Bertz CT molecular complexity index is 975. The fourth-order valence-corrected chi connectivity index (χ4v) is 8.69. The van der Waals surface area contributed by atoms with E-state index in [0.717, 1.165) is 18.3 Å². The summed E-state index contributed by atoms with van der Waals surface area (Å²) in [5.41, 5.74) is 5.34. The normalized spacial score (nSPS) is 37.1. The number of para-hydroxylation sites is 1. The van der Waals surface area contributed by atoms with Crippen molar-refractivity contribution < 1.29 is 4.74 Å². The molecule has 0 aromatic heterocycles. The molecule has 5 atom stereocenters. The molecule has 2 aliphatic heterocycles. The summed E-state index contributed by atoms with van der Waals surface area (Å²) < 4.78 is 6.31. The molecule has 4 aliphatic rings. The summed E-state index contributed by atoms with van der Waals surface area (Å²) in [6, 6.07) is 20.0. The van der Waals surface area contributed by atoms with Gasteiger partial charge in [-0.05, 0) is 46.3 Å². The van der Waals surface area contributed by atoms with E-state index in [-0.39, 0.29) is 0 Å². The fourth-order valence-electron chi connectivity index (χ4n) is 6.70. The number of thioether (sulfide) groups is 1. The van der Waals surface area contributed by atoms with E-state index < -0.39 is 0 Å². The number of fused-ring (bicyclic) bond motifs is 8. The van der Waals surface area contributed by atoms with Gasteiger partial charge < -0.3 is 4.74 Å². The number of rotatable bonds is 1. The maximum atomic E-state index is 6.31. The number of hydrogen-bond acceptors (Lipinski definition) is 2. The van der Waals surface area contributed by atoms with Gasteiger partial charge in [0.1, 0.15) is 5.75 Å². The molecule has 0 radical (unpaired) electrons. The van der Waals surface area contributed by atoms with Crippen LogP contribution in [0.1, 0.15) is 55.9 Å². The number of allylic oxidation sites excluding steroid dienone is 2. The molecule has 28 heavy (non-hydrogen) atoms. The van der Waals surface area contributed by atoms with Crippen LogP contribution in [-0.2, 0) is 0 Å². The Hall–Kier alpha value is -1.67. The molecule has 0 amide bonds. The average Bonchev–Trinajstić information content (AvgIpc) is 3.06. The average molecular weight is 389 g/mol. The molecule has 2 heteroatoms. The van der Waals surface area contributed by atoms with Gasteiger partial charge in [-0.3, -0.25) is 0 Å². The highest BCUT2D eigenvalue weighted by atomic mass is 32.2. The van der Waals surface area contributed by atoms with Crippen molar-refractivity contribution in [2.45, 2.75) is 44.8 Å². The first-order valence-corrected chi connectivity index (χ1v) is 11.6. The topological polar surface area (TPSA) is 9.23 Å². The Morgan fingerprint density at radius 2 is 1.71 bits per heavy atom. The molecule has 1 saturated carbocycles. The maximum absolute atomic E-state index is 6.31. The molecular weight excluding hydrogens is 360 g/mol. The van der Waals surface area contributed by atoms with E-state index in [1.54, 1.807) is 10.5 Å². The zero-order chi connectivity index (χ0) is 19.1.